The maximum absolute atomic E-state index is 11.3. The summed E-state index contributed by atoms with van der Waals surface area (Å²) < 4.78 is 23.2. The van der Waals surface area contributed by atoms with E-state index in [-0.39, 0.29) is 16.8 Å². The van der Waals surface area contributed by atoms with Crippen LogP contribution in [0.5, 0.6) is 5.75 Å². The van der Waals surface area contributed by atoms with Crippen LogP contribution in [0.3, 0.4) is 0 Å². The molecule has 0 aliphatic rings. The molecule has 0 fully saturated rings. The van der Waals surface area contributed by atoms with Gasteiger partial charge in [0.25, 0.3) is 0 Å². The van der Waals surface area contributed by atoms with Crippen LogP contribution in [0.4, 0.5) is 0 Å². The molecule has 2 rings (SSSR count). The number of nitrogens with one attached hydrogen (secondary N) is 1. The molecule has 0 aliphatic heterocycles. The van der Waals surface area contributed by atoms with Crippen LogP contribution in [-0.4, -0.2) is 28.7 Å². The normalized spacial score (nSPS) is 12.1. The van der Waals surface area contributed by atoms with Crippen molar-refractivity contribution in [3.8, 4) is 5.75 Å². The molecule has 0 radical (unpaired) electrons. The molecule has 0 spiro atoms. The molecular weight excluding hydrogens is 220 g/mol. The summed E-state index contributed by atoms with van der Waals surface area (Å²) in [7, 11) is -3.64. The molecule has 2 aromatic rings. The number of rotatable bonds is 1. The molecule has 80 valence electrons. The third-order valence-electron chi connectivity index (χ3n) is 1.96. The monoisotopic (exact) mass is 228 g/mol. The van der Waals surface area contributed by atoms with Crippen LogP contribution in [0.2, 0.25) is 0 Å². The minimum absolute atomic E-state index is 0.0376. The number of phenols is 1. The first-order chi connectivity index (χ1) is 6.89. The average Bonchev–Trinajstić information content (AvgIpc) is 2.38. The number of fused-ring (bicyclic) bond motifs is 1. The standard InChI is InChI=1S/C8H8N2O4S/c1-15(13,14)10-7-3-2-5(11)4-6(7)9-8(10)12/h2-4,11H,1H3,(H,9,12). The number of aromatic nitrogens is 2. The van der Waals surface area contributed by atoms with Gasteiger partial charge in [0.15, 0.2) is 0 Å². The van der Waals surface area contributed by atoms with Gasteiger partial charge in [-0.05, 0) is 12.1 Å². The van der Waals surface area contributed by atoms with Gasteiger partial charge in [-0.1, -0.05) is 0 Å². The highest BCUT2D eigenvalue weighted by Gasteiger charge is 2.14. The van der Waals surface area contributed by atoms with Crippen molar-refractivity contribution in [3.63, 3.8) is 0 Å². The Hall–Kier alpha value is -1.76. The van der Waals surface area contributed by atoms with E-state index in [1.54, 1.807) is 0 Å². The number of benzene rings is 1. The molecule has 7 heteroatoms. The highest BCUT2D eigenvalue weighted by atomic mass is 32.2. The van der Waals surface area contributed by atoms with Gasteiger partial charge in [-0.3, -0.25) is 0 Å². The van der Waals surface area contributed by atoms with E-state index in [9.17, 15) is 13.2 Å². The number of hydrogen-bond acceptors (Lipinski definition) is 4. The van der Waals surface area contributed by atoms with Crippen LogP contribution < -0.4 is 5.69 Å². The molecule has 2 N–H and O–H groups in total. The van der Waals surface area contributed by atoms with Crippen molar-refractivity contribution >= 4 is 21.1 Å². The van der Waals surface area contributed by atoms with Gasteiger partial charge in [0, 0.05) is 6.07 Å². The number of aromatic hydroxyl groups is 1. The van der Waals surface area contributed by atoms with Gasteiger partial charge in [-0.25, -0.2) is 13.2 Å². The smallest absolute Gasteiger partial charge is 0.340 e. The average molecular weight is 228 g/mol. The molecule has 0 saturated carbocycles. The Morgan fingerprint density at radius 1 is 1.40 bits per heavy atom. The van der Waals surface area contributed by atoms with Gasteiger partial charge in [0.1, 0.15) is 5.75 Å². The molecule has 0 unspecified atom stereocenters. The maximum Gasteiger partial charge on any atom is 0.340 e. The van der Waals surface area contributed by atoms with Gasteiger partial charge in [-0.15, -0.1) is 0 Å². The molecular formula is C8H8N2O4S. The van der Waals surface area contributed by atoms with Gasteiger partial charge < -0.3 is 10.1 Å². The van der Waals surface area contributed by atoms with Crippen molar-refractivity contribution in [1.82, 2.24) is 8.96 Å². The topological polar surface area (TPSA) is 92.2 Å². The first kappa shape index (κ1) is 9.78. The van der Waals surface area contributed by atoms with Gasteiger partial charge >= 0.3 is 5.69 Å². The quantitative estimate of drug-likeness (QED) is 0.709. The summed E-state index contributed by atoms with van der Waals surface area (Å²) in [4.78, 5) is 13.7. The largest absolute Gasteiger partial charge is 0.508 e. The van der Waals surface area contributed by atoms with Crippen LogP contribution in [0.25, 0.3) is 11.0 Å². The Labute approximate surface area is 84.8 Å². The zero-order valence-electron chi connectivity index (χ0n) is 7.76. The Balaban J connectivity index is 2.99. The number of imidazole rings is 1. The van der Waals surface area contributed by atoms with Crippen LogP contribution in [-0.2, 0) is 10.0 Å². The van der Waals surface area contributed by atoms with E-state index in [1.165, 1.54) is 18.2 Å². The fourth-order valence-corrected chi connectivity index (χ4v) is 2.27. The Morgan fingerprint density at radius 3 is 2.67 bits per heavy atom. The lowest BCUT2D eigenvalue weighted by Crippen LogP contribution is -2.23. The second-order valence-electron chi connectivity index (χ2n) is 3.16. The molecule has 0 amide bonds. The van der Waals surface area contributed by atoms with E-state index in [1.807, 2.05) is 0 Å². The lowest BCUT2D eigenvalue weighted by molar-refractivity contribution is 0.476. The number of H-pyrrole nitrogens is 1. The summed E-state index contributed by atoms with van der Waals surface area (Å²) in [5.41, 5.74) is -0.233. The molecule has 1 aromatic heterocycles. The molecule has 0 bridgehead atoms. The van der Waals surface area contributed by atoms with Gasteiger partial charge in [0.2, 0.25) is 10.0 Å². The Bertz CT molecular complexity index is 680. The Kier molecular flexibility index (Phi) is 1.87. The van der Waals surface area contributed by atoms with E-state index in [0.717, 1.165) is 6.26 Å². The van der Waals surface area contributed by atoms with Crippen LogP contribution >= 0.6 is 0 Å². The summed E-state index contributed by atoms with van der Waals surface area (Å²) >= 11 is 0. The van der Waals surface area contributed by atoms with E-state index in [2.05, 4.69) is 4.98 Å². The van der Waals surface area contributed by atoms with Crippen molar-refractivity contribution in [2.24, 2.45) is 0 Å². The Morgan fingerprint density at radius 2 is 2.07 bits per heavy atom. The number of aromatic amines is 1. The lowest BCUT2D eigenvalue weighted by atomic mass is 10.3. The number of hydrogen-bond donors (Lipinski definition) is 2. The van der Waals surface area contributed by atoms with E-state index in [4.69, 9.17) is 5.11 Å². The molecule has 0 aliphatic carbocycles. The third-order valence-corrected chi connectivity index (χ3v) is 2.98. The summed E-state index contributed by atoms with van der Waals surface area (Å²) in [6.07, 6.45) is 0.939. The summed E-state index contributed by atoms with van der Waals surface area (Å²) in [6.45, 7) is 0. The van der Waals surface area contributed by atoms with Crippen molar-refractivity contribution in [2.75, 3.05) is 6.26 Å². The zero-order chi connectivity index (χ0) is 11.2. The second-order valence-corrected chi connectivity index (χ2v) is 4.99. The van der Waals surface area contributed by atoms with E-state index in [0.29, 0.717) is 3.97 Å². The number of nitrogens with zero attached hydrogens (tertiary/aromatic N) is 1. The molecule has 0 saturated heterocycles. The highest BCUT2D eigenvalue weighted by molar-refractivity contribution is 7.89. The molecule has 15 heavy (non-hydrogen) atoms. The van der Waals surface area contributed by atoms with Crippen LogP contribution in [0.15, 0.2) is 23.0 Å². The number of phenolic OH excluding ortho intramolecular Hbond substituents is 1. The summed E-state index contributed by atoms with van der Waals surface area (Å²) in [5.74, 6) is -0.0376. The molecule has 0 atom stereocenters. The minimum Gasteiger partial charge on any atom is -0.508 e. The van der Waals surface area contributed by atoms with Crippen molar-refractivity contribution in [2.45, 2.75) is 0 Å². The maximum atomic E-state index is 11.3. The highest BCUT2D eigenvalue weighted by Crippen LogP contribution is 2.17. The third kappa shape index (κ3) is 1.50. The molecule has 1 aromatic carbocycles. The zero-order valence-corrected chi connectivity index (χ0v) is 8.58. The van der Waals surface area contributed by atoms with E-state index >= 15 is 0 Å². The predicted octanol–water partition coefficient (Wildman–Crippen LogP) is -0.157. The van der Waals surface area contributed by atoms with Crippen molar-refractivity contribution in [3.05, 3.63) is 28.7 Å². The minimum atomic E-state index is -3.64. The summed E-state index contributed by atoms with van der Waals surface area (Å²) in [6, 6.07) is 3.97. The summed E-state index contributed by atoms with van der Waals surface area (Å²) in [5, 5.41) is 9.15. The SMILES string of the molecule is CS(=O)(=O)n1c(=O)[nH]c2cc(O)ccc21. The molecule has 6 nitrogen and oxygen atoms in total. The first-order valence-corrected chi connectivity index (χ1v) is 5.89. The fourth-order valence-electron chi connectivity index (χ4n) is 1.41. The second kappa shape index (κ2) is 2.86. The predicted molar refractivity (Wildman–Crippen MR) is 54.5 cm³/mol. The van der Waals surface area contributed by atoms with Gasteiger partial charge in [-0.2, -0.15) is 3.97 Å². The van der Waals surface area contributed by atoms with Crippen LogP contribution in [0, 0.1) is 0 Å². The van der Waals surface area contributed by atoms with Crippen molar-refractivity contribution in [1.29, 1.82) is 0 Å². The first-order valence-electron chi connectivity index (χ1n) is 4.04. The van der Waals surface area contributed by atoms with E-state index < -0.39 is 15.7 Å². The van der Waals surface area contributed by atoms with Gasteiger partial charge in [0.05, 0.1) is 17.3 Å². The fraction of sp³-hybridized carbons (Fsp3) is 0.125. The lowest BCUT2D eigenvalue weighted by Gasteiger charge is -1.98. The van der Waals surface area contributed by atoms with Crippen molar-refractivity contribution < 1.29 is 13.5 Å². The van der Waals surface area contributed by atoms with Crippen LogP contribution in [0.1, 0.15) is 0 Å². The molecule has 1 heterocycles.